The van der Waals surface area contributed by atoms with E-state index in [4.69, 9.17) is 10.5 Å². The Morgan fingerprint density at radius 2 is 2.06 bits per heavy atom. The van der Waals surface area contributed by atoms with E-state index in [0.29, 0.717) is 19.0 Å². The number of hydrogen-bond donors (Lipinski definition) is 1. The van der Waals surface area contributed by atoms with Crippen LogP contribution in [0.3, 0.4) is 0 Å². The lowest BCUT2D eigenvalue weighted by Gasteiger charge is -2.22. The normalized spacial score (nSPS) is 10.4. The number of hydrogen-bond acceptors (Lipinski definition) is 5. The lowest BCUT2D eigenvalue weighted by molar-refractivity contribution is 0.304. The van der Waals surface area contributed by atoms with Crippen LogP contribution in [-0.2, 0) is 0 Å². The van der Waals surface area contributed by atoms with E-state index in [1.807, 2.05) is 6.07 Å². The predicted octanol–water partition coefficient (Wildman–Crippen LogP) is 1.83. The minimum atomic E-state index is 0.649. The van der Waals surface area contributed by atoms with Crippen LogP contribution >= 0.6 is 0 Å². The second-order valence-electron chi connectivity index (χ2n) is 4.19. The van der Waals surface area contributed by atoms with Gasteiger partial charge in [0.15, 0.2) is 0 Å². The minimum Gasteiger partial charge on any atom is -0.478 e. The fraction of sp³-hybridized carbons (Fsp3) is 0.692. The standard InChI is InChI=1S/C13H24N4O/c1-3-7-17(8-5-6-14)12-10-13(16-11-15-12)18-9-4-2/h10-11H,3-9,14H2,1-2H3. The molecular weight excluding hydrogens is 228 g/mol. The molecule has 5 heteroatoms. The van der Waals surface area contributed by atoms with Crippen LogP contribution in [0.15, 0.2) is 12.4 Å². The van der Waals surface area contributed by atoms with Gasteiger partial charge in [0.2, 0.25) is 5.88 Å². The summed E-state index contributed by atoms with van der Waals surface area (Å²) in [6.45, 7) is 7.52. The van der Waals surface area contributed by atoms with Crippen LogP contribution in [0.25, 0.3) is 0 Å². The number of rotatable bonds is 9. The molecule has 18 heavy (non-hydrogen) atoms. The van der Waals surface area contributed by atoms with E-state index < -0.39 is 0 Å². The van der Waals surface area contributed by atoms with E-state index in [1.54, 1.807) is 6.33 Å². The molecule has 0 atom stereocenters. The molecule has 0 aromatic carbocycles. The maximum atomic E-state index is 5.56. The predicted molar refractivity (Wildman–Crippen MR) is 74.0 cm³/mol. The molecule has 0 radical (unpaired) electrons. The van der Waals surface area contributed by atoms with Gasteiger partial charge in [0.05, 0.1) is 6.61 Å². The molecule has 0 bridgehead atoms. The van der Waals surface area contributed by atoms with E-state index in [9.17, 15) is 0 Å². The minimum absolute atomic E-state index is 0.649. The summed E-state index contributed by atoms with van der Waals surface area (Å²) in [6.07, 6.45) is 4.59. The molecule has 1 heterocycles. The maximum absolute atomic E-state index is 5.56. The maximum Gasteiger partial charge on any atom is 0.218 e. The van der Waals surface area contributed by atoms with Crippen molar-refractivity contribution in [2.75, 3.05) is 31.1 Å². The van der Waals surface area contributed by atoms with E-state index in [0.717, 1.165) is 38.2 Å². The van der Waals surface area contributed by atoms with Gasteiger partial charge in [-0.2, -0.15) is 0 Å². The Hall–Kier alpha value is -1.36. The lowest BCUT2D eigenvalue weighted by atomic mass is 10.3. The molecule has 0 aliphatic heterocycles. The van der Waals surface area contributed by atoms with Crippen molar-refractivity contribution in [2.45, 2.75) is 33.1 Å². The van der Waals surface area contributed by atoms with Crippen LogP contribution in [0.5, 0.6) is 5.88 Å². The van der Waals surface area contributed by atoms with Gasteiger partial charge in [-0.25, -0.2) is 9.97 Å². The van der Waals surface area contributed by atoms with Gasteiger partial charge < -0.3 is 15.4 Å². The summed E-state index contributed by atoms with van der Waals surface area (Å²) < 4.78 is 5.53. The van der Waals surface area contributed by atoms with Crippen molar-refractivity contribution in [1.82, 2.24) is 9.97 Å². The Labute approximate surface area is 109 Å². The summed E-state index contributed by atoms with van der Waals surface area (Å²) in [6, 6.07) is 1.90. The number of aromatic nitrogens is 2. The highest BCUT2D eigenvalue weighted by molar-refractivity contribution is 5.40. The topological polar surface area (TPSA) is 64.3 Å². The summed E-state index contributed by atoms with van der Waals surface area (Å²) in [5.41, 5.74) is 5.56. The molecule has 0 aliphatic carbocycles. The zero-order valence-corrected chi connectivity index (χ0v) is 11.4. The first kappa shape index (κ1) is 14.7. The van der Waals surface area contributed by atoms with Crippen molar-refractivity contribution in [1.29, 1.82) is 0 Å². The van der Waals surface area contributed by atoms with Crippen molar-refractivity contribution in [3.8, 4) is 5.88 Å². The van der Waals surface area contributed by atoms with E-state index >= 15 is 0 Å². The van der Waals surface area contributed by atoms with E-state index in [2.05, 4.69) is 28.7 Å². The van der Waals surface area contributed by atoms with Crippen LogP contribution in [0.2, 0.25) is 0 Å². The van der Waals surface area contributed by atoms with E-state index in [-0.39, 0.29) is 0 Å². The number of nitrogens with two attached hydrogens (primary N) is 1. The smallest absolute Gasteiger partial charge is 0.218 e. The molecule has 0 saturated heterocycles. The first-order valence-corrected chi connectivity index (χ1v) is 6.71. The average Bonchev–Trinajstić information content (AvgIpc) is 2.41. The van der Waals surface area contributed by atoms with Gasteiger partial charge in [0.25, 0.3) is 0 Å². The monoisotopic (exact) mass is 252 g/mol. The molecule has 0 aliphatic rings. The summed E-state index contributed by atoms with van der Waals surface area (Å²) in [5, 5.41) is 0. The van der Waals surface area contributed by atoms with Crippen LogP contribution < -0.4 is 15.4 Å². The zero-order valence-electron chi connectivity index (χ0n) is 11.4. The van der Waals surface area contributed by atoms with Gasteiger partial charge in [-0.05, 0) is 25.8 Å². The molecule has 1 aromatic heterocycles. The molecule has 5 nitrogen and oxygen atoms in total. The third-order valence-electron chi connectivity index (χ3n) is 2.53. The first-order chi connectivity index (χ1) is 8.81. The number of ether oxygens (including phenoxy) is 1. The summed E-state index contributed by atoms with van der Waals surface area (Å²) in [4.78, 5) is 10.7. The van der Waals surface area contributed by atoms with Crippen molar-refractivity contribution >= 4 is 5.82 Å². The Balaban J connectivity index is 2.70. The molecule has 0 amide bonds. The summed E-state index contributed by atoms with van der Waals surface area (Å²) in [7, 11) is 0. The zero-order chi connectivity index (χ0) is 13.2. The quantitative estimate of drug-likeness (QED) is 0.726. The number of nitrogens with zero attached hydrogens (tertiary/aromatic N) is 3. The van der Waals surface area contributed by atoms with Gasteiger partial charge >= 0.3 is 0 Å². The molecule has 0 fully saturated rings. The van der Waals surface area contributed by atoms with Gasteiger partial charge in [-0.1, -0.05) is 13.8 Å². The molecular formula is C13H24N4O. The van der Waals surface area contributed by atoms with Crippen LogP contribution in [0.1, 0.15) is 33.1 Å². The Morgan fingerprint density at radius 3 is 2.72 bits per heavy atom. The third kappa shape index (κ3) is 4.87. The SMILES string of the molecule is CCCOc1cc(N(CCC)CCCN)ncn1. The highest BCUT2D eigenvalue weighted by atomic mass is 16.5. The summed E-state index contributed by atoms with van der Waals surface area (Å²) >= 11 is 0. The van der Waals surface area contributed by atoms with Crippen molar-refractivity contribution in [3.63, 3.8) is 0 Å². The Morgan fingerprint density at radius 1 is 1.22 bits per heavy atom. The fourth-order valence-corrected chi connectivity index (χ4v) is 1.68. The van der Waals surface area contributed by atoms with Crippen molar-refractivity contribution < 1.29 is 4.74 Å². The molecule has 0 unspecified atom stereocenters. The first-order valence-electron chi connectivity index (χ1n) is 6.71. The highest BCUT2D eigenvalue weighted by Crippen LogP contribution is 2.16. The second-order valence-corrected chi connectivity index (χ2v) is 4.19. The van der Waals surface area contributed by atoms with Gasteiger partial charge in [0.1, 0.15) is 12.1 Å². The number of anilines is 1. The van der Waals surface area contributed by atoms with Gasteiger partial charge in [-0.15, -0.1) is 0 Å². The summed E-state index contributed by atoms with van der Waals surface area (Å²) in [5.74, 6) is 1.57. The van der Waals surface area contributed by atoms with Gasteiger partial charge in [0, 0.05) is 19.2 Å². The van der Waals surface area contributed by atoms with Gasteiger partial charge in [-0.3, -0.25) is 0 Å². The Kier molecular flexibility index (Phi) is 7.10. The molecule has 102 valence electrons. The van der Waals surface area contributed by atoms with Crippen molar-refractivity contribution in [3.05, 3.63) is 12.4 Å². The lowest BCUT2D eigenvalue weighted by Crippen LogP contribution is -2.27. The third-order valence-corrected chi connectivity index (χ3v) is 2.53. The fourth-order valence-electron chi connectivity index (χ4n) is 1.68. The van der Waals surface area contributed by atoms with Crippen LogP contribution in [-0.4, -0.2) is 36.2 Å². The van der Waals surface area contributed by atoms with Crippen LogP contribution in [0.4, 0.5) is 5.82 Å². The van der Waals surface area contributed by atoms with Crippen molar-refractivity contribution in [2.24, 2.45) is 5.73 Å². The largest absolute Gasteiger partial charge is 0.478 e. The highest BCUT2D eigenvalue weighted by Gasteiger charge is 2.08. The average molecular weight is 252 g/mol. The molecule has 1 rings (SSSR count). The molecule has 0 spiro atoms. The molecule has 2 N–H and O–H groups in total. The Bertz CT molecular complexity index is 333. The molecule has 1 aromatic rings. The second kappa shape index (κ2) is 8.69. The van der Waals surface area contributed by atoms with E-state index in [1.165, 1.54) is 0 Å². The molecule has 0 saturated carbocycles. The van der Waals surface area contributed by atoms with Crippen LogP contribution in [0, 0.1) is 0 Å².